The molecule has 0 atom stereocenters. The van der Waals surface area contributed by atoms with E-state index in [1.807, 2.05) is 36.1 Å². The number of carbonyl (C=O) groups is 2. The molecule has 3 rings (SSSR count). The lowest BCUT2D eigenvalue weighted by molar-refractivity contribution is -0.131. The van der Waals surface area contributed by atoms with E-state index >= 15 is 0 Å². The maximum atomic E-state index is 12.4. The van der Waals surface area contributed by atoms with E-state index in [1.54, 1.807) is 0 Å². The number of nitrogens with one attached hydrogen (secondary N) is 1. The van der Waals surface area contributed by atoms with E-state index in [4.69, 9.17) is 9.47 Å². The molecule has 1 fully saturated rings. The van der Waals surface area contributed by atoms with Crippen molar-refractivity contribution in [2.75, 3.05) is 32.8 Å². The number of carbonyl (C=O) groups excluding carboxylic acids is 2. The summed E-state index contributed by atoms with van der Waals surface area (Å²) in [4.78, 5) is 26.2. The van der Waals surface area contributed by atoms with Gasteiger partial charge in [-0.3, -0.25) is 9.59 Å². The van der Waals surface area contributed by atoms with Crippen LogP contribution in [-0.4, -0.2) is 49.6 Å². The minimum Gasteiger partial charge on any atom is -0.490 e. The highest BCUT2D eigenvalue weighted by atomic mass is 16.5. The number of likely N-dealkylation sites (tertiary alicyclic amines) is 1. The zero-order valence-electron chi connectivity index (χ0n) is 15.3. The molecular weight excluding hydrogens is 332 g/mol. The van der Waals surface area contributed by atoms with Gasteiger partial charge >= 0.3 is 0 Å². The predicted molar refractivity (Wildman–Crippen MR) is 99.1 cm³/mol. The molecule has 1 aromatic rings. The third-order valence-corrected chi connectivity index (χ3v) is 4.64. The molecule has 26 heavy (non-hydrogen) atoms. The molecule has 2 aliphatic heterocycles. The number of rotatable bonds is 6. The van der Waals surface area contributed by atoms with Gasteiger partial charge in [-0.05, 0) is 31.9 Å². The van der Waals surface area contributed by atoms with Crippen LogP contribution in [0.5, 0.6) is 11.5 Å². The molecular formula is C20H26N2O4. The van der Waals surface area contributed by atoms with Crippen molar-refractivity contribution in [2.45, 2.75) is 32.6 Å². The second kappa shape index (κ2) is 8.74. The zero-order valence-corrected chi connectivity index (χ0v) is 15.3. The summed E-state index contributed by atoms with van der Waals surface area (Å²) in [5, 5.41) is 2.90. The molecule has 0 spiro atoms. The van der Waals surface area contributed by atoms with E-state index < -0.39 is 0 Å². The number of ether oxygens (including phenoxy) is 2. The monoisotopic (exact) mass is 358 g/mol. The van der Waals surface area contributed by atoms with Crippen molar-refractivity contribution >= 4 is 17.9 Å². The Bertz CT molecular complexity index is 699. The predicted octanol–water partition coefficient (Wildman–Crippen LogP) is 2.38. The third-order valence-electron chi connectivity index (χ3n) is 4.64. The van der Waals surface area contributed by atoms with Crippen LogP contribution in [0.1, 0.15) is 38.2 Å². The van der Waals surface area contributed by atoms with Crippen LogP contribution in [0.25, 0.3) is 6.08 Å². The lowest BCUT2D eigenvalue weighted by atomic mass is 10.1. The SMILES string of the molecule is CCOc1cccc2c1OCC(C(=O)NCCN1CCCCCC1=O)=C2. The topological polar surface area (TPSA) is 67.9 Å². The van der Waals surface area contributed by atoms with Crippen LogP contribution >= 0.6 is 0 Å². The highest BCUT2D eigenvalue weighted by Gasteiger charge is 2.21. The highest BCUT2D eigenvalue weighted by Crippen LogP contribution is 2.35. The van der Waals surface area contributed by atoms with E-state index in [1.165, 1.54) is 0 Å². The van der Waals surface area contributed by atoms with Crippen molar-refractivity contribution < 1.29 is 19.1 Å². The van der Waals surface area contributed by atoms with Gasteiger partial charge in [-0.2, -0.15) is 0 Å². The molecule has 0 bridgehead atoms. The first-order valence-electron chi connectivity index (χ1n) is 9.34. The Kier molecular flexibility index (Phi) is 6.15. The normalized spacial score (nSPS) is 16.9. The fourth-order valence-electron chi connectivity index (χ4n) is 3.27. The van der Waals surface area contributed by atoms with Crippen LogP contribution < -0.4 is 14.8 Å². The zero-order chi connectivity index (χ0) is 18.4. The average molecular weight is 358 g/mol. The Balaban J connectivity index is 1.57. The van der Waals surface area contributed by atoms with Crippen LogP contribution in [0, 0.1) is 0 Å². The number of fused-ring (bicyclic) bond motifs is 1. The first kappa shape index (κ1) is 18.3. The van der Waals surface area contributed by atoms with Gasteiger partial charge in [0.2, 0.25) is 5.91 Å². The first-order chi connectivity index (χ1) is 12.7. The molecule has 2 heterocycles. The largest absolute Gasteiger partial charge is 0.490 e. The Hall–Kier alpha value is -2.50. The Morgan fingerprint density at radius 3 is 3.04 bits per heavy atom. The van der Waals surface area contributed by atoms with Gasteiger partial charge in [-0.25, -0.2) is 0 Å². The van der Waals surface area contributed by atoms with Crippen LogP contribution in [0.3, 0.4) is 0 Å². The molecule has 1 aromatic carbocycles. The van der Waals surface area contributed by atoms with Crippen LogP contribution in [0.4, 0.5) is 0 Å². The van der Waals surface area contributed by atoms with Crippen LogP contribution in [-0.2, 0) is 9.59 Å². The molecule has 0 aliphatic carbocycles. The molecule has 6 nitrogen and oxygen atoms in total. The third kappa shape index (κ3) is 4.36. The van der Waals surface area contributed by atoms with Gasteiger partial charge < -0.3 is 19.7 Å². The minimum atomic E-state index is -0.153. The fraction of sp³-hybridized carbons (Fsp3) is 0.500. The van der Waals surface area contributed by atoms with Gasteiger partial charge in [0.25, 0.3) is 5.91 Å². The lowest BCUT2D eigenvalue weighted by Crippen LogP contribution is -2.39. The summed E-state index contributed by atoms with van der Waals surface area (Å²) in [7, 11) is 0. The fourth-order valence-corrected chi connectivity index (χ4v) is 3.27. The average Bonchev–Trinajstić information content (AvgIpc) is 2.86. The van der Waals surface area contributed by atoms with E-state index in [0.717, 1.165) is 31.4 Å². The van der Waals surface area contributed by atoms with Crippen molar-refractivity contribution in [3.05, 3.63) is 29.3 Å². The summed E-state index contributed by atoms with van der Waals surface area (Å²) in [5.41, 5.74) is 1.42. The smallest absolute Gasteiger partial charge is 0.250 e. The van der Waals surface area contributed by atoms with Crippen molar-refractivity contribution in [3.8, 4) is 11.5 Å². The number of hydrogen-bond acceptors (Lipinski definition) is 4. The van der Waals surface area contributed by atoms with Crippen molar-refractivity contribution in [1.82, 2.24) is 10.2 Å². The maximum absolute atomic E-state index is 12.4. The van der Waals surface area contributed by atoms with E-state index in [0.29, 0.717) is 43.2 Å². The van der Waals surface area contributed by atoms with Gasteiger partial charge in [0.1, 0.15) is 6.61 Å². The molecule has 1 N–H and O–H groups in total. The van der Waals surface area contributed by atoms with Crippen LogP contribution in [0.2, 0.25) is 0 Å². The Morgan fingerprint density at radius 1 is 1.31 bits per heavy atom. The number of hydrogen-bond donors (Lipinski definition) is 1. The molecule has 6 heteroatoms. The second-order valence-corrected chi connectivity index (χ2v) is 6.51. The maximum Gasteiger partial charge on any atom is 0.250 e. The van der Waals surface area contributed by atoms with E-state index in [-0.39, 0.29) is 18.4 Å². The molecule has 140 valence electrons. The first-order valence-corrected chi connectivity index (χ1v) is 9.34. The number of para-hydroxylation sites is 1. The summed E-state index contributed by atoms with van der Waals surface area (Å²) < 4.78 is 11.3. The summed E-state index contributed by atoms with van der Waals surface area (Å²) >= 11 is 0. The number of amides is 2. The molecule has 0 aromatic heterocycles. The van der Waals surface area contributed by atoms with Gasteiger partial charge in [-0.1, -0.05) is 18.6 Å². The van der Waals surface area contributed by atoms with Gasteiger partial charge in [0, 0.05) is 31.6 Å². The van der Waals surface area contributed by atoms with E-state index in [9.17, 15) is 9.59 Å². The summed E-state index contributed by atoms with van der Waals surface area (Å²) in [5.74, 6) is 1.41. The summed E-state index contributed by atoms with van der Waals surface area (Å²) in [6, 6.07) is 5.65. The van der Waals surface area contributed by atoms with E-state index in [2.05, 4.69) is 5.32 Å². The summed E-state index contributed by atoms with van der Waals surface area (Å²) in [6.07, 6.45) is 5.56. The van der Waals surface area contributed by atoms with Gasteiger partial charge in [0.05, 0.1) is 12.2 Å². The molecule has 2 amide bonds. The number of nitrogens with zero attached hydrogens (tertiary/aromatic N) is 1. The number of benzene rings is 1. The van der Waals surface area contributed by atoms with Gasteiger partial charge in [-0.15, -0.1) is 0 Å². The molecule has 0 radical (unpaired) electrons. The standard InChI is InChI=1S/C20H26N2O4/c1-2-25-17-8-6-7-15-13-16(14-26-19(15)17)20(24)21-10-12-22-11-5-3-4-9-18(22)23/h6-8,13H,2-5,9-12,14H2,1H3,(H,21,24). The molecule has 2 aliphatic rings. The second-order valence-electron chi connectivity index (χ2n) is 6.51. The molecule has 0 saturated carbocycles. The highest BCUT2D eigenvalue weighted by molar-refractivity contribution is 5.99. The van der Waals surface area contributed by atoms with Gasteiger partial charge in [0.15, 0.2) is 11.5 Å². The Morgan fingerprint density at radius 2 is 2.19 bits per heavy atom. The van der Waals surface area contributed by atoms with Crippen molar-refractivity contribution in [3.63, 3.8) is 0 Å². The molecule has 1 saturated heterocycles. The molecule has 0 unspecified atom stereocenters. The Labute approximate surface area is 154 Å². The quantitative estimate of drug-likeness (QED) is 0.848. The summed E-state index contributed by atoms with van der Waals surface area (Å²) in [6.45, 7) is 4.50. The lowest BCUT2D eigenvalue weighted by Gasteiger charge is -2.22. The van der Waals surface area contributed by atoms with Crippen molar-refractivity contribution in [2.24, 2.45) is 0 Å². The van der Waals surface area contributed by atoms with Crippen LogP contribution in [0.15, 0.2) is 23.8 Å². The van der Waals surface area contributed by atoms with Crippen molar-refractivity contribution in [1.29, 1.82) is 0 Å². The minimum absolute atomic E-state index is 0.153.